The van der Waals surface area contributed by atoms with Crippen LogP contribution in [0.4, 0.5) is 0 Å². The molecule has 0 aromatic rings. The van der Waals surface area contributed by atoms with Crippen LogP contribution >= 0.6 is 0 Å². The van der Waals surface area contributed by atoms with Crippen LogP contribution in [0.2, 0.25) is 0 Å². The first-order chi connectivity index (χ1) is 7.64. The summed E-state index contributed by atoms with van der Waals surface area (Å²) in [5.41, 5.74) is 0. The van der Waals surface area contributed by atoms with Gasteiger partial charge in [0.2, 0.25) is 0 Å². The fourth-order valence-corrected chi connectivity index (χ4v) is 1.72. The largest absolute Gasteiger partial charge is 0.443 e. The molecule has 0 saturated carbocycles. The van der Waals surface area contributed by atoms with E-state index in [1.807, 2.05) is 6.92 Å². The van der Waals surface area contributed by atoms with Gasteiger partial charge in [-0.25, -0.2) is 0 Å². The first-order valence-electron chi connectivity index (χ1n) is 4.99. The number of rotatable bonds is 3. The zero-order chi connectivity index (χ0) is 12.6. The lowest BCUT2D eigenvalue weighted by molar-refractivity contribution is -0.246. The van der Waals surface area contributed by atoms with Gasteiger partial charge in [0.05, 0.1) is 12.7 Å². The smallest absolute Gasteiger partial charge is 0.283 e. The number of aliphatic hydroxyl groups excluding tert-OH is 2. The molecule has 1 saturated heterocycles. The Morgan fingerprint density at radius 2 is 2.00 bits per heavy atom. The molecule has 2 N–H and O–H groups in total. The van der Waals surface area contributed by atoms with E-state index < -0.39 is 0 Å². The molecule has 0 bridgehead atoms. The zero-order valence-corrected chi connectivity index (χ0v) is 9.79. The van der Waals surface area contributed by atoms with E-state index in [0.717, 1.165) is 12.7 Å². The van der Waals surface area contributed by atoms with Crippen molar-refractivity contribution >= 4 is 0 Å². The lowest BCUT2D eigenvalue weighted by atomic mass is 9.96. The van der Waals surface area contributed by atoms with E-state index in [1.54, 1.807) is 14.2 Å². The predicted octanol–water partition coefficient (Wildman–Crippen LogP) is 0.231. The lowest BCUT2D eigenvalue weighted by Gasteiger charge is -2.37. The fraction of sp³-hybridized carbons (Fsp3) is 0.900. The molecular weight excluding hydrogens is 214 g/mol. The van der Waals surface area contributed by atoms with Crippen molar-refractivity contribution in [3.05, 3.63) is 0 Å². The van der Waals surface area contributed by atoms with Gasteiger partial charge in [-0.1, -0.05) is 6.92 Å². The van der Waals surface area contributed by atoms with Gasteiger partial charge >= 0.3 is 0 Å². The van der Waals surface area contributed by atoms with E-state index in [4.69, 9.17) is 29.7 Å². The first kappa shape index (κ1) is 15.1. The molecule has 4 unspecified atom stereocenters. The number of aliphatic hydroxyl groups is 2. The van der Waals surface area contributed by atoms with Crippen molar-refractivity contribution in [3.8, 4) is 6.26 Å². The van der Waals surface area contributed by atoms with Crippen LogP contribution in [0.15, 0.2) is 0 Å². The molecule has 0 aliphatic carbocycles. The Kier molecular flexibility index (Phi) is 7.85. The zero-order valence-electron chi connectivity index (χ0n) is 9.79. The molecule has 0 amide bonds. The summed E-state index contributed by atoms with van der Waals surface area (Å²) in [4.78, 5) is 0. The van der Waals surface area contributed by atoms with Crippen LogP contribution in [-0.2, 0) is 14.2 Å². The van der Waals surface area contributed by atoms with E-state index >= 15 is 0 Å². The second-order valence-electron chi connectivity index (χ2n) is 3.55. The van der Waals surface area contributed by atoms with Crippen LogP contribution in [0, 0.1) is 17.4 Å². The number of methoxy groups -OCH3 is 2. The summed E-state index contributed by atoms with van der Waals surface area (Å²) in [6, 6.07) is 0. The molecule has 0 aromatic heterocycles. The number of nitrogens with zero attached hydrogens (tertiary/aromatic N) is 1. The topological polar surface area (TPSA) is 91.9 Å². The molecular formula is C10H19NO5. The summed E-state index contributed by atoms with van der Waals surface area (Å²) in [6.07, 6.45) is 1.11. The third kappa shape index (κ3) is 4.33. The summed E-state index contributed by atoms with van der Waals surface area (Å²) in [7, 11) is 3.25. The highest BCUT2D eigenvalue weighted by Gasteiger charge is 2.35. The van der Waals surface area contributed by atoms with Crippen LogP contribution in [-0.4, -0.2) is 49.5 Å². The van der Waals surface area contributed by atoms with Crippen molar-refractivity contribution in [3.63, 3.8) is 0 Å². The van der Waals surface area contributed by atoms with Crippen LogP contribution in [0.1, 0.15) is 13.3 Å². The van der Waals surface area contributed by atoms with Gasteiger partial charge in [-0.3, -0.25) is 0 Å². The van der Waals surface area contributed by atoms with E-state index in [0.29, 0.717) is 5.92 Å². The van der Waals surface area contributed by atoms with Gasteiger partial charge in [-0.15, -0.1) is 0 Å². The number of hydrogen-bond donors (Lipinski definition) is 2. The minimum atomic E-state index is -0.258. The maximum Gasteiger partial charge on any atom is 0.283 e. The number of ether oxygens (including phenoxy) is 3. The maximum atomic E-state index is 9.03. The van der Waals surface area contributed by atoms with Crippen LogP contribution in [0.25, 0.3) is 0 Å². The van der Waals surface area contributed by atoms with Gasteiger partial charge < -0.3 is 24.4 Å². The third-order valence-electron chi connectivity index (χ3n) is 2.51. The Morgan fingerprint density at radius 1 is 1.44 bits per heavy atom. The van der Waals surface area contributed by atoms with E-state index in [9.17, 15) is 0 Å². The summed E-state index contributed by atoms with van der Waals surface area (Å²) in [5, 5.41) is 22.8. The minimum absolute atomic E-state index is 0.0219. The molecule has 1 fully saturated rings. The molecule has 4 atom stereocenters. The average molecular weight is 233 g/mol. The number of nitriles is 1. The second-order valence-corrected chi connectivity index (χ2v) is 3.55. The van der Waals surface area contributed by atoms with Crippen molar-refractivity contribution in [2.24, 2.45) is 5.92 Å². The summed E-state index contributed by atoms with van der Waals surface area (Å²) < 4.78 is 15.9. The molecule has 0 radical (unpaired) electrons. The summed E-state index contributed by atoms with van der Waals surface area (Å²) in [6.45, 7) is 2.03. The lowest BCUT2D eigenvalue weighted by Crippen LogP contribution is -2.46. The Balaban J connectivity index is 0.000000673. The third-order valence-corrected chi connectivity index (χ3v) is 2.51. The van der Waals surface area contributed by atoms with Crippen LogP contribution < -0.4 is 0 Å². The molecule has 94 valence electrons. The average Bonchev–Trinajstić information content (AvgIpc) is 2.29. The molecule has 0 spiro atoms. The predicted molar refractivity (Wildman–Crippen MR) is 54.9 cm³/mol. The van der Waals surface area contributed by atoms with Gasteiger partial charge in [0.25, 0.3) is 6.26 Å². The van der Waals surface area contributed by atoms with Crippen molar-refractivity contribution in [1.29, 1.82) is 5.26 Å². The molecule has 16 heavy (non-hydrogen) atoms. The molecule has 1 aliphatic heterocycles. The highest BCUT2D eigenvalue weighted by molar-refractivity contribution is 4.79. The Hall–Kier alpha value is -0.870. The number of hydrogen-bond acceptors (Lipinski definition) is 6. The SMILES string of the molecule is COC1CC(C)C(OC)OC1CO.N#CO. The van der Waals surface area contributed by atoms with E-state index in [-0.39, 0.29) is 25.1 Å². The van der Waals surface area contributed by atoms with Crippen LogP contribution in [0.3, 0.4) is 0 Å². The second kappa shape index (κ2) is 8.30. The van der Waals surface area contributed by atoms with Crippen molar-refractivity contribution in [2.45, 2.75) is 31.8 Å². The summed E-state index contributed by atoms with van der Waals surface area (Å²) >= 11 is 0. The van der Waals surface area contributed by atoms with Gasteiger partial charge in [-0.2, -0.15) is 5.26 Å². The monoisotopic (exact) mass is 233 g/mol. The molecule has 0 aromatic carbocycles. The molecule has 1 heterocycles. The standard InChI is InChI=1S/C9H18O4.CHNO/c1-6-4-7(11-2)8(5-10)13-9(6)12-3;2-1-3/h6-10H,4-5H2,1-3H3;3H. The molecule has 6 nitrogen and oxygen atoms in total. The van der Waals surface area contributed by atoms with E-state index in [1.165, 1.54) is 0 Å². The molecule has 1 aliphatic rings. The Labute approximate surface area is 95.3 Å². The quantitative estimate of drug-likeness (QED) is 0.678. The van der Waals surface area contributed by atoms with Crippen molar-refractivity contribution in [2.75, 3.05) is 20.8 Å². The van der Waals surface area contributed by atoms with Gasteiger partial charge in [-0.05, 0) is 6.42 Å². The van der Waals surface area contributed by atoms with Crippen molar-refractivity contribution in [1.82, 2.24) is 0 Å². The Morgan fingerprint density at radius 3 is 2.38 bits per heavy atom. The van der Waals surface area contributed by atoms with Crippen LogP contribution in [0.5, 0.6) is 0 Å². The first-order valence-corrected chi connectivity index (χ1v) is 4.99. The summed E-state index contributed by atoms with van der Waals surface area (Å²) in [5.74, 6) is 0.303. The highest BCUT2D eigenvalue weighted by Crippen LogP contribution is 2.26. The van der Waals surface area contributed by atoms with Gasteiger partial charge in [0.15, 0.2) is 6.29 Å². The molecule has 1 rings (SSSR count). The minimum Gasteiger partial charge on any atom is -0.443 e. The maximum absolute atomic E-state index is 9.03. The highest BCUT2D eigenvalue weighted by atomic mass is 16.7. The van der Waals surface area contributed by atoms with Gasteiger partial charge in [0.1, 0.15) is 6.10 Å². The normalized spacial score (nSPS) is 33.4. The van der Waals surface area contributed by atoms with E-state index in [2.05, 4.69) is 0 Å². The van der Waals surface area contributed by atoms with Gasteiger partial charge in [0, 0.05) is 20.1 Å². The van der Waals surface area contributed by atoms with Crippen molar-refractivity contribution < 1.29 is 24.4 Å². The Bertz CT molecular complexity index is 218. The fourth-order valence-electron chi connectivity index (χ4n) is 1.72. The molecule has 6 heteroatoms.